The maximum absolute atomic E-state index is 13.7. The van der Waals surface area contributed by atoms with Gasteiger partial charge in [0.2, 0.25) is 5.91 Å². The van der Waals surface area contributed by atoms with E-state index in [1.807, 2.05) is 36.4 Å². The summed E-state index contributed by atoms with van der Waals surface area (Å²) < 4.78 is 19.4. The Morgan fingerprint density at radius 2 is 1.89 bits per heavy atom. The van der Waals surface area contributed by atoms with Crippen LogP contribution >= 0.6 is 11.8 Å². The Kier molecular flexibility index (Phi) is 6.66. The molecule has 0 saturated heterocycles. The molecule has 0 aromatic heterocycles. The summed E-state index contributed by atoms with van der Waals surface area (Å²) in [6.07, 6.45) is 0.463. The van der Waals surface area contributed by atoms with Crippen molar-refractivity contribution in [2.75, 3.05) is 7.05 Å². The number of nitrogens with one attached hydrogen (secondary N) is 1. The van der Waals surface area contributed by atoms with Crippen LogP contribution in [0, 0.1) is 5.82 Å². The van der Waals surface area contributed by atoms with Gasteiger partial charge in [-0.25, -0.2) is 4.39 Å². The summed E-state index contributed by atoms with van der Waals surface area (Å²) in [7, 11) is 1.56. The third kappa shape index (κ3) is 4.89. The molecule has 0 radical (unpaired) electrons. The number of fused-ring (bicyclic) bond motifs is 1. The average Bonchev–Trinajstić information content (AvgIpc) is 2.72. The van der Waals surface area contributed by atoms with E-state index in [-0.39, 0.29) is 18.3 Å². The molecule has 0 spiro atoms. The first kappa shape index (κ1) is 19.9. The van der Waals surface area contributed by atoms with Gasteiger partial charge in [0, 0.05) is 12.6 Å². The van der Waals surface area contributed by atoms with Crippen LogP contribution in [0.5, 0.6) is 5.75 Å². The van der Waals surface area contributed by atoms with Gasteiger partial charge < -0.3 is 10.1 Å². The zero-order chi connectivity index (χ0) is 19.9. The molecule has 0 aliphatic rings. The van der Waals surface area contributed by atoms with Gasteiger partial charge in [0.15, 0.2) is 5.62 Å². The number of amides is 1. The summed E-state index contributed by atoms with van der Waals surface area (Å²) in [5.74, 6) is 0.198. The number of ether oxygens (including phenoxy) is 1. The molecule has 0 aliphatic carbocycles. The molecule has 0 saturated carbocycles. The molecule has 0 aliphatic heterocycles. The van der Waals surface area contributed by atoms with Crippen LogP contribution in [0.2, 0.25) is 0 Å². The standard InChI is InChI=1S/C22H20FNO3S/c1-24-22(26)21(28-14-25)11-15-6-7-17-12-19(9-8-16(17)10-15)27-13-18-4-2-3-5-20(18)23/h2-10,12,14,21H,11,13H2,1H3,(H,24,26). The van der Waals surface area contributed by atoms with Gasteiger partial charge in [-0.2, -0.15) is 0 Å². The first-order chi connectivity index (χ1) is 13.6. The van der Waals surface area contributed by atoms with Crippen molar-refractivity contribution in [1.29, 1.82) is 0 Å². The largest absolute Gasteiger partial charge is 0.489 e. The summed E-state index contributed by atoms with van der Waals surface area (Å²) in [4.78, 5) is 22.7. The van der Waals surface area contributed by atoms with Crippen molar-refractivity contribution < 1.29 is 18.7 Å². The molecule has 0 heterocycles. The lowest BCUT2D eigenvalue weighted by Crippen LogP contribution is -2.31. The van der Waals surface area contributed by atoms with E-state index in [1.165, 1.54) is 6.07 Å². The second kappa shape index (κ2) is 9.37. The number of benzene rings is 3. The molecule has 1 atom stereocenters. The predicted molar refractivity (Wildman–Crippen MR) is 111 cm³/mol. The van der Waals surface area contributed by atoms with Gasteiger partial charge >= 0.3 is 0 Å². The second-order valence-electron chi connectivity index (χ2n) is 6.26. The van der Waals surface area contributed by atoms with Gasteiger partial charge in [-0.15, -0.1) is 0 Å². The number of hydrogen-bond donors (Lipinski definition) is 1. The molecule has 4 nitrogen and oxygen atoms in total. The van der Waals surface area contributed by atoms with E-state index < -0.39 is 5.25 Å². The highest BCUT2D eigenvalue weighted by atomic mass is 32.2. The normalized spacial score (nSPS) is 11.8. The molecule has 3 rings (SSSR count). The molecule has 1 N–H and O–H groups in total. The predicted octanol–water partition coefficient (Wildman–Crippen LogP) is 4.14. The van der Waals surface area contributed by atoms with E-state index in [0.29, 0.717) is 23.4 Å². The molecule has 0 fully saturated rings. The first-order valence-corrected chi connectivity index (χ1v) is 9.74. The van der Waals surface area contributed by atoms with Gasteiger partial charge in [-0.1, -0.05) is 54.2 Å². The summed E-state index contributed by atoms with van der Waals surface area (Å²) in [5, 5.41) is 4.11. The Morgan fingerprint density at radius 3 is 2.64 bits per heavy atom. The molecule has 28 heavy (non-hydrogen) atoms. The molecule has 0 bridgehead atoms. The lowest BCUT2D eigenvalue weighted by atomic mass is 10.0. The van der Waals surface area contributed by atoms with E-state index in [4.69, 9.17) is 4.74 Å². The van der Waals surface area contributed by atoms with E-state index >= 15 is 0 Å². The Morgan fingerprint density at radius 1 is 1.14 bits per heavy atom. The third-order valence-electron chi connectivity index (χ3n) is 4.41. The molecule has 144 valence electrons. The van der Waals surface area contributed by atoms with Crippen molar-refractivity contribution in [3.05, 3.63) is 77.6 Å². The summed E-state index contributed by atoms with van der Waals surface area (Å²) in [6, 6.07) is 18.1. The van der Waals surface area contributed by atoms with Crippen molar-refractivity contribution in [2.45, 2.75) is 18.3 Å². The van der Waals surface area contributed by atoms with Crippen LogP contribution < -0.4 is 10.1 Å². The van der Waals surface area contributed by atoms with Gasteiger partial charge in [0.25, 0.3) is 0 Å². The fraction of sp³-hybridized carbons (Fsp3) is 0.182. The molecular weight excluding hydrogens is 377 g/mol. The minimum atomic E-state index is -0.455. The first-order valence-electron chi connectivity index (χ1n) is 8.80. The summed E-state index contributed by atoms with van der Waals surface area (Å²) in [6.45, 7) is 0.160. The minimum Gasteiger partial charge on any atom is -0.489 e. The van der Waals surface area contributed by atoms with E-state index in [0.717, 1.165) is 28.1 Å². The summed E-state index contributed by atoms with van der Waals surface area (Å²) in [5.41, 5.74) is 2.17. The van der Waals surface area contributed by atoms with Crippen molar-refractivity contribution in [2.24, 2.45) is 0 Å². The van der Waals surface area contributed by atoms with Crippen LogP contribution in [0.15, 0.2) is 60.7 Å². The SMILES string of the molecule is CNC(=O)C(Cc1ccc2cc(OCc3ccccc3F)ccc2c1)SC=O. The lowest BCUT2D eigenvalue weighted by Gasteiger charge is -2.13. The number of rotatable bonds is 8. The Balaban J connectivity index is 1.73. The number of thioether (sulfide) groups is 1. The van der Waals surface area contributed by atoms with Crippen LogP contribution in [0.1, 0.15) is 11.1 Å². The van der Waals surface area contributed by atoms with Gasteiger partial charge in [-0.3, -0.25) is 9.59 Å². The Bertz CT molecular complexity index is 992. The molecule has 1 unspecified atom stereocenters. The zero-order valence-corrected chi connectivity index (χ0v) is 16.2. The third-order valence-corrected chi connectivity index (χ3v) is 5.23. The molecule has 6 heteroatoms. The van der Waals surface area contributed by atoms with Crippen LogP contribution in [0.25, 0.3) is 10.8 Å². The van der Waals surface area contributed by atoms with Crippen molar-refractivity contribution in [1.82, 2.24) is 5.32 Å². The van der Waals surface area contributed by atoms with Crippen LogP contribution in [-0.4, -0.2) is 23.8 Å². The highest BCUT2D eigenvalue weighted by Crippen LogP contribution is 2.25. The minimum absolute atomic E-state index is 0.160. The maximum Gasteiger partial charge on any atom is 0.233 e. The number of carbonyl (C=O) groups is 2. The van der Waals surface area contributed by atoms with Crippen LogP contribution in [0.4, 0.5) is 4.39 Å². The quantitative estimate of drug-likeness (QED) is 0.581. The second-order valence-corrected chi connectivity index (χ2v) is 7.30. The number of carbonyl (C=O) groups excluding carboxylic acids is 2. The lowest BCUT2D eigenvalue weighted by molar-refractivity contribution is -0.120. The smallest absolute Gasteiger partial charge is 0.233 e. The maximum atomic E-state index is 13.7. The number of halogens is 1. The van der Waals surface area contributed by atoms with Crippen molar-refractivity contribution >= 4 is 34.1 Å². The van der Waals surface area contributed by atoms with Crippen LogP contribution in [0.3, 0.4) is 0 Å². The van der Waals surface area contributed by atoms with Gasteiger partial charge in [0.05, 0.1) is 5.25 Å². The zero-order valence-electron chi connectivity index (χ0n) is 15.4. The van der Waals surface area contributed by atoms with E-state index in [9.17, 15) is 14.0 Å². The fourth-order valence-electron chi connectivity index (χ4n) is 2.91. The molecule has 3 aromatic carbocycles. The monoisotopic (exact) mass is 397 g/mol. The average molecular weight is 397 g/mol. The van der Waals surface area contributed by atoms with Crippen molar-refractivity contribution in [3.8, 4) is 5.75 Å². The highest BCUT2D eigenvalue weighted by molar-refractivity contribution is 8.13. The number of hydrogen-bond acceptors (Lipinski definition) is 4. The highest BCUT2D eigenvalue weighted by Gasteiger charge is 2.18. The van der Waals surface area contributed by atoms with E-state index in [2.05, 4.69) is 5.32 Å². The molecule has 1 amide bonds. The fourth-order valence-corrected chi connectivity index (χ4v) is 3.58. The van der Waals surface area contributed by atoms with Gasteiger partial charge in [0.1, 0.15) is 18.2 Å². The van der Waals surface area contributed by atoms with Crippen LogP contribution in [-0.2, 0) is 22.6 Å². The van der Waals surface area contributed by atoms with E-state index in [1.54, 1.807) is 25.2 Å². The topological polar surface area (TPSA) is 55.4 Å². The molecular formula is C22H20FNO3S. The summed E-state index contributed by atoms with van der Waals surface area (Å²) >= 11 is 0.974. The van der Waals surface area contributed by atoms with Gasteiger partial charge in [-0.05, 0) is 41.0 Å². The van der Waals surface area contributed by atoms with Crippen molar-refractivity contribution in [3.63, 3.8) is 0 Å². The Hall–Kier alpha value is -2.86. The molecule has 3 aromatic rings. The Labute approximate surface area is 167 Å².